The molecule has 2 aromatic rings. The number of hydrogen-bond donors (Lipinski definition) is 1. The van der Waals surface area contributed by atoms with Gasteiger partial charge in [0.15, 0.2) is 0 Å². The second-order valence-electron chi connectivity index (χ2n) is 4.10. The number of nitrogens with zero attached hydrogens (tertiary/aromatic N) is 1. The maximum Gasteiger partial charge on any atom is 0.136 e. The first-order chi connectivity index (χ1) is 9.22. The maximum absolute atomic E-state index is 9.26. The van der Waals surface area contributed by atoms with Crippen molar-refractivity contribution in [2.24, 2.45) is 0 Å². The summed E-state index contributed by atoms with van der Waals surface area (Å²) >= 11 is 0. The zero-order chi connectivity index (χ0) is 13.7. The van der Waals surface area contributed by atoms with Crippen LogP contribution in [0, 0.1) is 6.92 Å². The monoisotopic (exact) mass is 259 g/mol. The van der Waals surface area contributed by atoms with Gasteiger partial charge in [-0.1, -0.05) is 0 Å². The highest BCUT2D eigenvalue weighted by Crippen LogP contribution is 2.27. The Bertz CT molecular complexity index is 538. The van der Waals surface area contributed by atoms with E-state index in [-0.39, 0.29) is 6.61 Å². The summed E-state index contributed by atoms with van der Waals surface area (Å²) in [6.07, 6.45) is 1.62. The highest BCUT2D eigenvalue weighted by molar-refractivity contribution is 5.39. The van der Waals surface area contributed by atoms with Crippen LogP contribution in [0.3, 0.4) is 0 Å². The molecule has 0 radical (unpaired) electrons. The van der Waals surface area contributed by atoms with E-state index in [1.807, 2.05) is 44.2 Å². The molecule has 0 fully saturated rings. The molecule has 4 heteroatoms. The van der Waals surface area contributed by atoms with E-state index in [0.717, 1.165) is 11.4 Å². The second kappa shape index (κ2) is 6.20. The van der Waals surface area contributed by atoms with Crippen LogP contribution in [0.2, 0.25) is 0 Å². The fourth-order valence-electron chi connectivity index (χ4n) is 1.67. The third-order valence-electron chi connectivity index (χ3n) is 2.61. The molecule has 4 nitrogen and oxygen atoms in total. The van der Waals surface area contributed by atoms with E-state index in [2.05, 4.69) is 4.98 Å². The Kier molecular flexibility index (Phi) is 4.36. The maximum atomic E-state index is 9.26. The Morgan fingerprint density at radius 3 is 2.47 bits per heavy atom. The molecule has 1 N–H and O–H groups in total. The van der Waals surface area contributed by atoms with E-state index >= 15 is 0 Å². The molecule has 0 bridgehead atoms. The van der Waals surface area contributed by atoms with Gasteiger partial charge in [-0.2, -0.15) is 0 Å². The van der Waals surface area contributed by atoms with Crippen molar-refractivity contribution in [2.75, 3.05) is 6.61 Å². The van der Waals surface area contributed by atoms with Gasteiger partial charge < -0.3 is 14.6 Å². The van der Waals surface area contributed by atoms with Crippen molar-refractivity contribution in [2.45, 2.75) is 20.5 Å². The molecule has 1 heterocycles. The molecule has 0 spiro atoms. The molecule has 1 aromatic carbocycles. The topological polar surface area (TPSA) is 51.6 Å². The molecule has 0 saturated heterocycles. The molecular weight excluding hydrogens is 242 g/mol. The predicted molar refractivity (Wildman–Crippen MR) is 72.6 cm³/mol. The lowest BCUT2D eigenvalue weighted by atomic mass is 10.2. The molecule has 0 aliphatic heterocycles. The van der Waals surface area contributed by atoms with Gasteiger partial charge in [0.25, 0.3) is 0 Å². The van der Waals surface area contributed by atoms with Crippen LogP contribution in [0.15, 0.2) is 36.5 Å². The summed E-state index contributed by atoms with van der Waals surface area (Å²) in [5, 5.41) is 9.26. The lowest BCUT2D eigenvalue weighted by molar-refractivity contribution is 0.276. The van der Waals surface area contributed by atoms with Crippen LogP contribution in [0.1, 0.15) is 18.2 Å². The lowest BCUT2D eigenvalue weighted by Gasteiger charge is -2.10. The first-order valence-corrected chi connectivity index (χ1v) is 6.20. The van der Waals surface area contributed by atoms with Gasteiger partial charge in [-0.3, -0.25) is 4.98 Å². The van der Waals surface area contributed by atoms with Crippen LogP contribution in [0.5, 0.6) is 17.2 Å². The minimum absolute atomic E-state index is 0.0976. The Balaban J connectivity index is 2.18. The molecule has 0 unspecified atom stereocenters. The largest absolute Gasteiger partial charge is 0.494 e. The zero-order valence-corrected chi connectivity index (χ0v) is 11.1. The molecule has 0 aliphatic rings. The molecule has 0 aliphatic carbocycles. The Morgan fingerprint density at radius 2 is 1.84 bits per heavy atom. The molecule has 0 amide bonds. The van der Waals surface area contributed by atoms with Crippen molar-refractivity contribution in [1.29, 1.82) is 0 Å². The number of ether oxygens (including phenoxy) is 2. The number of hydrogen-bond acceptors (Lipinski definition) is 4. The summed E-state index contributed by atoms with van der Waals surface area (Å²) in [5.41, 5.74) is 1.51. The Morgan fingerprint density at radius 1 is 1.16 bits per heavy atom. The van der Waals surface area contributed by atoms with E-state index in [9.17, 15) is 5.11 Å². The fourth-order valence-corrected chi connectivity index (χ4v) is 1.67. The van der Waals surface area contributed by atoms with E-state index < -0.39 is 0 Å². The van der Waals surface area contributed by atoms with Crippen LogP contribution >= 0.6 is 0 Å². The van der Waals surface area contributed by atoms with Gasteiger partial charge in [0.2, 0.25) is 0 Å². The summed E-state index contributed by atoms with van der Waals surface area (Å²) < 4.78 is 11.1. The van der Waals surface area contributed by atoms with Crippen molar-refractivity contribution < 1.29 is 14.6 Å². The first kappa shape index (κ1) is 13.4. The number of aromatic nitrogens is 1. The lowest BCUT2D eigenvalue weighted by Crippen LogP contribution is -1.95. The molecule has 1 aromatic heterocycles. The smallest absolute Gasteiger partial charge is 0.136 e. The average Bonchev–Trinajstić information content (AvgIpc) is 2.42. The van der Waals surface area contributed by atoms with Gasteiger partial charge in [-0.05, 0) is 38.1 Å². The normalized spacial score (nSPS) is 10.3. The number of aliphatic hydroxyl groups excluding tert-OH is 1. The summed E-state index contributed by atoms with van der Waals surface area (Å²) in [6.45, 7) is 4.36. The van der Waals surface area contributed by atoms with Gasteiger partial charge in [0.05, 0.1) is 13.2 Å². The van der Waals surface area contributed by atoms with E-state index in [1.165, 1.54) is 0 Å². The van der Waals surface area contributed by atoms with Crippen molar-refractivity contribution >= 4 is 0 Å². The van der Waals surface area contributed by atoms with Gasteiger partial charge in [0, 0.05) is 23.5 Å². The molecule has 0 atom stereocenters. The van der Waals surface area contributed by atoms with Crippen molar-refractivity contribution in [1.82, 2.24) is 4.98 Å². The highest BCUT2D eigenvalue weighted by Gasteiger charge is 2.06. The minimum Gasteiger partial charge on any atom is -0.494 e. The van der Waals surface area contributed by atoms with Crippen LogP contribution in [0.25, 0.3) is 0 Å². The minimum atomic E-state index is -0.0976. The summed E-state index contributed by atoms with van der Waals surface area (Å²) in [5.74, 6) is 2.13. The van der Waals surface area contributed by atoms with Crippen LogP contribution < -0.4 is 9.47 Å². The van der Waals surface area contributed by atoms with Crippen molar-refractivity contribution in [3.05, 3.63) is 47.8 Å². The van der Waals surface area contributed by atoms with Crippen LogP contribution in [-0.2, 0) is 6.61 Å². The summed E-state index contributed by atoms with van der Waals surface area (Å²) in [6, 6.07) is 9.18. The number of benzene rings is 1. The fraction of sp³-hybridized carbons (Fsp3) is 0.267. The predicted octanol–water partition coefficient (Wildman–Crippen LogP) is 3.07. The average molecular weight is 259 g/mol. The quantitative estimate of drug-likeness (QED) is 0.896. The number of aryl methyl sites for hydroxylation is 1. The number of rotatable bonds is 5. The van der Waals surface area contributed by atoms with E-state index in [4.69, 9.17) is 9.47 Å². The highest BCUT2D eigenvalue weighted by atomic mass is 16.5. The van der Waals surface area contributed by atoms with Gasteiger partial charge in [-0.25, -0.2) is 0 Å². The molecular formula is C15H17NO3. The summed E-state index contributed by atoms with van der Waals surface area (Å²) in [7, 11) is 0. The van der Waals surface area contributed by atoms with Crippen molar-refractivity contribution in [3.63, 3.8) is 0 Å². The number of aliphatic hydroxyl groups is 1. The number of pyridine rings is 1. The van der Waals surface area contributed by atoms with Gasteiger partial charge in [-0.15, -0.1) is 0 Å². The first-order valence-electron chi connectivity index (χ1n) is 6.20. The Labute approximate surface area is 112 Å². The van der Waals surface area contributed by atoms with Gasteiger partial charge in [0.1, 0.15) is 17.2 Å². The van der Waals surface area contributed by atoms with Crippen LogP contribution in [0.4, 0.5) is 0 Å². The zero-order valence-electron chi connectivity index (χ0n) is 11.1. The second-order valence-corrected chi connectivity index (χ2v) is 4.10. The molecule has 19 heavy (non-hydrogen) atoms. The molecule has 0 saturated carbocycles. The van der Waals surface area contributed by atoms with Crippen LogP contribution in [-0.4, -0.2) is 16.7 Å². The summed E-state index contributed by atoms with van der Waals surface area (Å²) in [4.78, 5) is 4.13. The standard InChI is InChI=1S/C15H17NO3/c1-3-18-13-4-6-14(7-5-13)19-15-8-11(2)16-9-12(15)10-17/h4-9,17H,3,10H2,1-2H3. The Hall–Kier alpha value is -2.07. The third kappa shape index (κ3) is 3.45. The van der Waals surface area contributed by atoms with E-state index in [0.29, 0.717) is 23.7 Å². The SMILES string of the molecule is CCOc1ccc(Oc2cc(C)ncc2CO)cc1. The molecule has 100 valence electrons. The van der Waals surface area contributed by atoms with Gasteiger partial charge >= 0.3 is 0 Å². The molecule has 2 rings (SSSR count). The third-order valence-corrected chi connectivity index (χ3v) is 2.61. The van der Waals surface area contributed by atoms with E-state index in [1.54, 1.807) is 6.20 Å². The van der Waals surface area contributed by atoms with Crippen molar-refractivity contribution in [3.8, 4) is 17.2 Å².